The van der Waals surface area contributed by atoms with Gasteiger partial charge in [-0.15, -0.1) is 0 Å². The van der Waals surface area contributed by atoms with Crippen molar-refractivity contribution in [3.63, 3.8) is 0 Å². The molecule has 1 heterocycles. The van der Waals surface area contributed by atoms with Crippen LogP contribution in [0, 0.1) is 5.41 Å². The van der Waals surface area contributed by atoms with E-state index in [4.69, 9.17) is 10.5 Å². The predicted molar refractivity (Wildman–Crippen MR) is 96.2 cm³/mol. The van der Waals surface area contributed by atoms with E-state index in [9.17, 15) is 9.90 Å². The lowest BCUT2D eigenvalue weighted by atomic mass is 9.70. The molecular weight excluding hydrogens is 302 g/mol. The van der Waals surface area contributed by atoms with Gasteiger partial charge in [0.15, 0.2) is 0 Å². The number of carboxylic acid groups (broad SMARTS) is 1. The summed E-state index contributed by atoms with van der Waals surface area (Å²) in [6, 6.07) is 9.38. The molecule has 1 aromatic rings. The first-order valence-corrected chi connectivity index (χ1v) is 8.18. The third-order valence-electron chi connectivity index (χ3n) is 4.34. The molecule has 1 aliphatic carbocycles. The number of hydrogen-bond acceptors (Lipinski definition) is 3. The maximum Gasteiger partial charge on any atom is 0.335 e. The van der Waals surface area contributed by atoms with E-state index in [0.717, 1.165) is 17.7 Å². The predicted octanol–water partition coefficient (Wildman–Crippen LogP) is 3.76. The second-order valence-corrected chi connectivity index (χ2v) is 6.45. The second-order valence-electron chi connectivity index (χ2n) is 6.45. The first-order chi connectivity index (χ1) is 11.4. The number of carbonyl (C=O) groups is 1. The summed E-state index contributed by atoms with van der Waals surface area (Å²) in [7, 11) is 0. The van der Waals surface area contributed by atoms with Crippen molar-refractivity contribution in [1.82, 2.24) is 0 Å². The highest BCUT2D eigenvalue weighted by Crippen LogP contribution is 2.42. The highest BCUT2D eigenvalue weighted by molar-refractivity contribution is 6.01. The monoisotopic (exact) mass is 327 g/mol. The molecule has 24 heavy (non-hydrogen) atoms. The Morgan fingerprint density at radius 1 is 1.29 bits per heavy atom. The van der Waals surface area contributed by atoms with Crippen LogP contribution in [0.15, 0.2) is 60.4 Å². The molecule has 0 aromatic heterocycles. The average molecular weight is 327 g/mol. The van der Waals surface area contributed by atoms with Crippen molar-refractivity contribution >= 4 is 11.5 Å². The van der Waals surface area contributed by atoms with Crippen LogP contribution < -0.4 is 5.73 Å². The van der Waals surface area contributed by atoms with E-state index < -0.39 is 11.4 Å². The maximum atomic E-state index is 11.4. The second kappa shape index (κ2) is 7.97. The fourth-order valence-corrected chi connectivity index (χ4v) is 2.84. The summed E-state index contributed by atoms with van der Waals surface area (Å²) in [6.45, 7) is 4.87. The number of hydrogen-bond donors (Lipinski definition) is 2. The van der Waals surface area contributed by atoms with Gasteiger partial charge in [0.25, 0.3) is 0 Å². The van der Waals surface area contributed by atoms with E-state index in [0.29, 0.717) is 5.57 Å². The van der Waals surface area contributed by atoms with E-state index in [2.05, 4.69) is 0 Å². The zero-order valence-electron chi connectivity index (χ0n) is 14.2. The molecular formula is C20H25NO3. The van der Waals surface area contributed by atoms with Crippen LogP contribution in [0.3, 0.4) is 0 Å². The molecule has 0 radical (unpaired) electrons. The lowest BCUT2D eigenvalue weighted by Gasteiger charge is -2.36. The molecule has 0 saturated heterocycles. The summed E-state index contributed by atoms with van der Waals surface area (Å²) >= 11 is 0. The average Bonchev–Trinajstić information content (AvgIpc) is 2.59. The van der Waals surface area contributed by atoms with Crippen molar-refractivity contribution < 1.29 is 14.6 Å². The largest absolute Gasteiger partial charge is 0.502 e. The van der Waals surface area contributed by atoms with Crippen molar-refractivity contribution in [2.45, 2.75) is 32.7 Å². The minimum absolute atomic E-state index is 0.184. The fourth-order valence-electron chi connectivity index (χ4n) is 2.84. The van der Waals surface area contributed by atoms with Gasteiger partial charge < -0.3 is 15.6 Å². The topological polar surface area (TPSA) is 72.5 Å². The van der Waals surface area contributed by atoms with E-state index in [-0.39, 0.29) is 6.04 Å². The summed E-state index contributed by atoms with van der Waals surface area (Å²) in [4.78, 5) is 11.4. The Kier molecular flexibility index (Phi) is 5.99. The molecule has 4 heteroatoms. The maximum absolute atomic E-state index is 11.4. The molecule has 4 nitrogen and oxygen atoms in total. The van der Waals surface area contributed by atoms with Crippen LogP contribution in [0.4, 0.5) is 0 Å². The van der Waals surface area contributed by atoms with Crippen LogP contribution in [-0.4, -0.2) is 23.7 Å². The van der Waals surface area contributed by atoms with Crippen LogP contribution >= 0.6 is 0 Å². The van der Waals surface area contributed by atoms with Gasteiger partial charge in [0.2, 0.25) is 0 Å². The minimum atomic E-state index is -0.912. The van der Waals surface area contributed by atoms with Gasteiger partial charge in [-0.25, -0.2) is 4.79 Å². The summed E-state index contributed by atoms with van der Waals surface area (Å²) in [5.74, 6) is -0.912. The first kappa shape index (κ1) is 18.0. The van der Waals surface area contributed by atoms with Gasteiger partial charge in [-0.1, -0.05) is 50.3 Å². The lowest BCUT2D eigenvalue weighted by molar-refractivity contribution is -0.132. The molecule has 1 aliphatic heterocycles. The van der Waals surface area contributed by atoms with Crippen LogP contribution in [-0.2, 0) is 9.53 Å². The Hall–Kier alpha value is -2.33. The van der Waals surface area contributed by atoms with Crippen molar-refractivity contribution in [2.75, 3.05) is 6.61 Å². The Morgan fingerprint density at radius 3 is 2.46 bits per heavy atom. The van der Waals surface area contributed by atoms with E-state index in [1.807, 2.05) is 50.3 Å². The van der Waals surface area contributed by atoms with Gasteiger partial charge in [0.05, 0.1) is 18.4 Å². The molecule has 3 N–H and O–H groups in total. The van der Waals surface area contributed by atoms with Gasteiger partial charge in [-0.05, 0) is 36.1 Å². The van der Waals surface area contributed by atoms with E-state index in [1.54, 1.807) is 18.4 Å². The number of rotatable bonds is 2. The zero-order valence-corrected chi connectivity index (χ0v) is 14.2. The molecule has 1 atom stereocenters. The van der Waals surface area contributed by atoms with Crippen molar-refractivity contribution in [2.24, 2.45) is 11.1 Å². The first-order valence-electron chi connectivity index (χ1n) is 8.18. The van der Waals surface area contributed by atoms with Gasteiger partial charge in [-0.3, -0.25) is 0 Å². The smallest absolute Gasteiger partial charge is 0.335 e. The normalized spacial score (nSPS) is 21.5. The number of carboxylic acids is 1. The van der Waals surface area contributed by atoms with E-state index in [1.165, 1.54) is 12.8 Å². The third-order valence-corrected chi connectivity index (χ3v) is 4.34. The minimum Gasteiger partial charge on any atom is -0.502 e. The molecule has 0 saturated carbocycles. The van der Waals surface area contributed by atoms with Crippen molar-refractivity contribution in [3.8, 4) is 0 Å². The third kappa shape index (κ3) is 4.15. The summed E-state index contributed by atoms with van der Waals surface area (Å²) < 4.78 is 4.89. The van der Waals surface area contributed by atoms with Gasteiger partial charge >= 0.3 is 5.97 Å². The SMILES string of the molecule is C1=COCCC1.CC1(C)C(c2ccccc2)=C(C(=O)O)C=CC1N. The van der Waals surface area contributed by atoms with Crippen molar-refractivity contribution in [1.29, 1.82) is 0 Å². The van der Waals surface area contributed by atoms with Crippen LogP contribution in [0.2, 0.25) is 0 Å². The number of benzene rings is 1. The Labute approximate surface area is 143 Å². The molecule has 0 amide bonds. The quantitative estimate of drug-likeness (QED) is 0.867. The molecule has 2 aliphatic rings. The summed E-state index contributed by atoms with van der Waals surface area (Å²) in [5.41, 5.74) is 7.73. The molecule has 1 unspecified atom stereocenters. The standard InChI is InChI=1S/C15H17NO2.C5H8O/c1-15(2)12(16)9-8-11(14(17)18)13(15)10-6-4-3-5-7-10;1-2-4-6-5-3-1/h3-9,12H,16H2,1-2H3,(H,17,18);2,4H,1,3,5H2. The Bertz CT molecular complexity index is 649. The van der Waals surface area contributed by atoms with Crippen molar-refractivity contribution in [3.05, 3.63) is 66.0 Å². The summed E-state index contributed by atoms with van der Waals surface area (Å²) in [5, 5.41) is 9.34. The zero-order chi connectivity index (χ0) is 17.6. The highest BCUT2D eigenvalue weighted by atomic mass is 16.5. The molecule has 3 rings (SSSR count). The number of nitrogens with two attached hydrogens (primary N) is 1. The highest BCUT2D eigenvalue weighted by Gasteiger charge is 2.36. The van der Waals surface area contributed by atoms with Gasteiger partial charge in [0, 0.05) is 11.5 Å². The van der Waals surface area contributed by atoms with Crippen LogP contribution in [0.25, 0.3) is 5.57 Å². The molecule has 0 spiro atoms. The van der Waals surface area contributed by atoms with Crippen LogP contribution in [0.5, 0.6) is 0 Å². The van der Waals surface area contributed by atoms with Gasteiger partial charge in [-0.2, -0.15) is 0 Å². The van der Waals surface area contributed by atoms with E-state index >= 15 is 0 Å². The lowest BCUT2D eigenvalue weighted by Crippen LogP contribution is -2.39. The van der Waals surface area contributed by atoms with Gasteiger partial charge in [0.1, 0.15) is 0 Å². The summed E-state index contributed by atoms with van der Waals surface area (Å²) in [6.07, 6.45) is 9.57. The molecule has 128 valence electrons. The Morgan fingerprint density at radius 2 is 2.00 bits per heavy atom. The van der Waals surface area contributed by atoms with Crippen LogP contribution in [0.1, 0.15) is 32.3 Å². The molecule has 1 aromatic carbocycles. The Balaban J connectivity index is 0.000000292. The number of ether oxygens (including phenoxy) is 1. The molecule has 0 fully saturated rings. The molecule has 0 bridgehead atoms. The number of allylic oxidation sites excluding steroid dienone is 1. The number of aliphatic carboxylic acids is 1. The fraction of sp³-hybridized carbons (Fsp3) is 0.350.